The van der Waals surface area contributed by atoms with Gasteiger partial charge in [-0.25, -0.2) is 0 Å². The van der Waals surface area contributed by atoms with Gasteiger partial charge in [-0.05, 0) is 42.9 Å². The number of hydrogen-bond donors (Lipinski definition) is 1. The molecular formula is C27H29N3O2. The third-order valence-electron chi connectivity index (χ3n) is 6.11. The number of nitrogens with zero attached hydrogens (tertiary/aromatic N) is 2. The fourth-order valence-corrected chi connectivity index (χ4v) is 4.45. The highest BCUT2D eigenvalue weighted by molar-refractivity contribution is 5.94. The number of carbonyl (C=O) groups excluding carboxylic acids is 1. The molecule has 32 heavy (non-hydrogen) atoms. The molecule has 0 saturated heterocycles. The van der Waals surface area contributed by atoms with Crippen molar-refractivity contribution >= 4 is 27.7 Å². The summed E-state index contributed by atoms with van der Waals surface area (Å²) in [6.07, 6.45) is 0. The fraction of sp³-hybridized carbons (Fsp3) is 0.259. The monoisotopic (exact) mass is 427 g/mol. The first-order valence-corrected chi connectivity index (χ1v) is 11.2. The van der Waals surface area contributed by atoms with Gasteiger partial charge in [-0.1, -0.05) is 68.4 Å². The second-order valence-electron chi connectivity index (χ2n) is 7.90. The number of carbonyl (C=O) groups is 1. The number of pyridine rings is 1. The number of rotatable bonds is 8. The molecule has 0 radical (unpaired) electrons. The maximum absolute atomic E-state index is 13.1. The van der Waals surface area contributed by atoms with E-state index >= 15 is 0 Å². The maximum atomic E-state index is 13.1. The number of hydrogen-bond acceptors (Lipinski definition) is 3. The van der Waals surface area contributed by atoms with E-state index in [1.165, 1.54) is 5.56 Å². The van der Waals surface area contributed by atoms with Gasteiger partial charge in [0.2, 0.25) is 5.91 Å². The minimum Gasteiger partial charge on any atom is -0.353 e. The molecule has 0 spiro atoms. The standard InChI is InChI=1S/C27H29N3O2/c1-3-29(4-2)25(20-12-6-5-7-13-20)18-28-26(31)19-30-23-16-10-8-14-21(23)27(32)22-15-9-11-17-24(22)30/h5-17,25H,3-4,18-19H2,1-2H3,(H,28,31). The van der Waals surface area contributed by atoms with E-state index in [0.717, 1.165) is 24.1 Å². The Morgan fingerprint density at radius 1 is 0.844 bits per heavy atom. The van der Waals surface area contributed by atoms with E-state index in [-0.39, 0.29) is 23.9 Å². The van der Waals surface area contributed by atoms with Crippen LogP contribution in [0.25, 0.3) is 21.8 Å². The van der Waals surface area contributed by atoms with E-state index in [1.807, 2.05) is 71.3 Å². The lowest BCUT2D eigenvalue weighted by Crippen LogP contribution is -2.39. The Morgan fingerprint density at radius 2 is 1.38 bits per heavy atom. The van der Waals surface area contributed by atoms with Crippen molar-refractivity contribution < 1.29 is 4.79 Å². The number of fused-ring (bicyclic) bond motifs is 2. The first kappa shape index (κ1) is 21.8. The molecule has 5 heteroatoms. The molecule has 1 heterocycles. The zero-order chi connectivity index (χ0) is 22.5. The van der Waals surface area contributed by atoms with Crippen LogP contribution in [-0.4, -0.2) is 35.0 Å². The highest BCUT2D eigenvalue weighted by Crippen LogP contribution is 2.21. The zero-order valence-electron chi connectivity index (χ0n) is 18.6. The number of amides is 1. The van der Waals surface area contributed by atoms with Gasteiger partial charge in [0, 0.05) is 17.3 Å². The van der Waals surface area contributed by atoms with Crippen molar-refractivity contribution in [3.05, 3.63) is 94.6 Å². The van der Waals surface area contributed by atoms with E-state index in [0.29, 0.717) is 17.3 Å². The van der Waals surface area contributed by atoms with Crippen molar-refractivity contribution in [3.8, 4) is 0 Å². The summed E-state index contributed by atoms with van der Waals surface area (Å²) in [5, 5.41) is 4.40. The van der Waals surface area contributed by atoms with Crippen LogP contribution in [-0.2, 0) is 11.3 Å². The molecule has 164 valence electrons. The van der Waals surface area contributed by atoms with Crippen molar-refractivity contribution in [3.63, 3.8) is 0 Å². The molecule has 0 fully saturated rings. The van der Waals surface area contributed by atoms with Crippen LogP contribution < -0.4 is 10.7 Å². The molecule has 0 bridgehead atoms. The van der Waals surface area contributed by atoms with Crippen molar-refractivity contribution in [1.29, 1.82) is 0 Å². The van der Waals surface area contributed by atoms with Crippen LogP contribution in [0.1, 0.15) is 25.5 Å². The van der Waals surface area contributed by atoms with Crippen LogP contribution in [0.4, 0.5) is 0 Å². The third-order valence-corrected chi connectivity index (χ3v) is 6.11. The Morgan fingerprint density at radius 3 is 1.94 bits per heavy atom. The van der Waals surface area contributed by atoms with Gasteiger partial charge in [0.25, 0.3) is 0 Å². The average molecular weight is 428 g/mol. The molecule has 0 aliphatic rings. The second kappa shape index (κ2) is 9.79. The number of likely N-dealkylation sites (N-methyl/N-ethyl adjacent to an activating group) is 1. The Kier molecular flexibility index (Phi) is 6.66. The minimum atomic E-state index is -0.0722. The highest BCUT2D eigenvalue weighted by Gasteiger charge is 2.19. The Balaban J connectivity index is 1.62. The van der Waals surface area contributed by atoms with Crippen LogP contribution in [0.5, 0.6) is 0 Å². The number of nitrogens with one attached hydrogen (secondary N) is 1. The molecular weight excluding hydrogens is 398 g/mol. The molecule has 1 unspecified atom stereocenters. The SMILES string of the molecule is CCN(CC)C(CNC(=O)Cn1c2ccccc2c(=O)c2ccccc21)c1ccccc1. The lowest BCUT2D eigenvalue weighted by atomic mass is 10.1. The molecule has 0 saturated carbocycles. The van der Waals surface area contributed by atoms with Crippen LogP contribution in [0, 0.1) is 0 Å². The lowest BCUT2D eigenvalue weighted by molar-refractivity contribution is -0.121. The molecule has 1 aromatic heterocycles. The van der Waals surface area contributed by atoms with Gasteiger partial charge < -0.3 is 9.88 Å². The normalized spacial score (nSPS) is 12.3. The highest BCUT2D eigenvalue weighted by atomic mass is 16.2. The predicted octanol–water partition coefficient (Wildman–Crippen LogP) is 4.35. The van der Waals surface area contributed by atoms with Gasteiger partial charge >= 0.3 is 0 Å². The molecule has 1 N–H and O–H groups in total. The van der Waals surface area contributed by atoms with Crippen molar-refractivity contribution in [2.45, 2.75) is 26.4 Å². The summed E-state index contributed by atoms with van der Waals surface area (Å²) in [6.45, 7) is 6.77. The summed E-state index contributed by atoms with van der Waals surface area (Å²) < 4.78 is 1.94. The van der Waals surface area contributed by atoms with Crippen molar-refractivity contribution in [2.75, 3.05) is 19.6 Å². The topological polar surface area (TPSA) is 54.3 Å². The molecule has 5 nitrogen and oxygen atoms in total. The van der Waals surface area contributed by atoms with E-state index in [9.17, 15) is 9.59 Å². The summed E-state index contributed by atoms with van der Waals surface area (Å²) in [4.78, 5) is 28.4. The first-order valence-electron chi connectivity index (χ1n) is 11.2. The Hall–Kier alpha value is -3.44. The molecule has 0 aliphatic carbocycles. The molecule has 1 atom stereocenters. The number of aromatic nitrogens is 1. The summed E-state index contributed by atoms with van der Waals surface area (Å²) in [7, 11) is 0. The van der Waals surface area contributed by atoms with Gasteiger partial charge in [-0.3, -0.25) is 14.5 Å². The zero-order valence-corrected chi connectivity index (χ0v) is 18.6. The van der Waals surface area contributed by atoms with Crippen LogP contribution in [0.3, 0.4) is 0 Å². The van der Waals surface area contributed by atoms with Crippen molar-refractivity contribution in [2.24, 2.45) is 0 Å². The molecule has 4 rings (SSSR count). The summed E-state index contributed by atoms with van der Waals surface area (Å²) in [5.41, 5.74) is 2.73. The smallest absolute Gasteiger partial charge is 0.240 e. The van der Waals surface area contributed by atoms with Gasteiger partial charge in [-0.15, -0.1) is 0 Å². The quantitative estimate of drug-likeness (QED) is 0.425. The van der Waals surface area contributed by atoms with Gasteiger partial charge in [0.1, 0.15) is 6.54 Å². The van der Waals surface area contributed by atoms with Gasteiger partial charge in [-0.2, -0.15) is 0 Å². The Labute approximate surface area is 188 Å². The lowest BCUT2D eigenvalue weighted by Gasteiger charge is -2.30. The third kappa shape index (κ3) is 4.30. The number of para-hydroxylation sites is 2. The second-order valence-corrected chi connectivity index (χ2v) is 7.90. The molecule has 4 aromatic rings. The number of benzene rings is 3. The Bertz CT molecular complexity index is 1220. The van der Waals surface area contributed by atoms with Crippen LogP contribution >= 0.6 is 0 Å². The predicted molar refractivity (Wildman–Crippen MR) is 131 cm³/mol. The van der Waals surface area contributed by atoms with E-state index < -0.39 is 0 Å². The van der Waals surface area contributed by atoms with Gasteiger partial charge in [0.15, 0.2) is 5.43 Å². The van der Waals surface area contributed by atoms with E-state index in [4.69, 9.17) is 0 Å². The average Bonchev–Trinajstić information content (AvgIpc) is 2.85. The first-order chi connectivity index (χ1) is 15.6. The van der Waals surface area contributed by atoms with E-state index in [2.05, 4.69) is 36.2 Å². The molecule has 3 aromatic carbocycles. The minimum absolute atomic E-state index is 0.00136. The molecule has 0 aliphatic heterocycles. The summed E-state index contributed by atoms with van der Waals surface area (Å²) >= 11 is 0. The summed E-state index contributed by atoms with van der Waals surface area (Å²) in [5.74, 6) is -0.0722. The fourth-order valence-electron chi connectivity index (χ4n) is 4.45. The van der Waals surface area contributed by atoms with Crippen LogP contribution in [0.2, 0.25) is 0 Å². The maximum Gasteiger partial charge on any atom is 0.240 e. The molecule has 1 amide bonds. The summed E-state index contributed by atoms with van der Waals surface area (Å²) in [6, 6.07) is 25.4. The van der Waals surface area contributed by atoms with Crippen LogP contribution in [0.15, 0.2) is 83.7 Å². The van der Waals surface area contributed by atoms with E-state index in [1.54, 1.807) is 0 Å². The largest absolute Gasteiger partial charge is 0.353 e. The van der Waals surface area contributed by atoms with Gasteiger partial charge in [0.05, 0.1) is 17.1 Å². The van der Waals surface area contributed by atoms with Crippen molar-refractivity contribution in [1.82, 2.24) is 14.8 Å².